The quantitative estimate of drug-likeness (QED) is 0.342. The first-order valence-corrected chi connectivity index (χ1v) is 10.3. The Hall–Kier alpha value is -3.20. The highest BCUT2D eigenvalue weighted by molar-refractivity contribution is 7.13. The maximum atomic E-state index is 12.5. The Morgan fingerprint density at radius 3 is 2.76 bits per heavy atom. The molecule has 0 atom stereocenters. The van der Waals surface area contributed by atoms with Gasteiger partial charge in [0.25, 0.3) is 5.91 Å². The number of nitrogens with zero attached hydrogens (tertiary/aromatic N) is 3. The van der Waals surface area contributed by atoms with E-state index in [1.807, 2.05) is 29.6 Å². The van der Waals surface area contributed by atoms with Crippen LogP contribution < -0.4 is 11.1 Å². The number of nitrogens with one attached hydrogen (secondary N) is 1. The number of aryl methyl sites for hydroxylation is 1. The predicted molar refractivity (Wildman–Crippen MR) is 113 cm³/mol. The van der Waals surface area contributed by atoms with Gasteiger partial charge in [-0.2, -0.15) is 0 Å². The molecule has 9 heteroatoms. The number of aliphatic carboxylic acids is 1. The number of thiophene rings is 1. The zero-order valence-electron chi connectivity index (χ0n) is 15.9. The average molecular weight is 414 g/mol. The Bertz CT molecular complexity index is 968. The lowest BCUT2D eigenvalue weighted by atomic mass is 10.1. The van der Waals surface area contributed by atoms with Crippen LogP contribution in [0.3, 0.4) is 0 Å². The molecule has 3 rings (SSSR count). The summed E-state index contributed by atoms with van der Waals surface area (Å²) in [7, 11) is 0. The van der Waals surface area contributed by atoms with E-state index < -0.39 is 5.97 Å². The maximum Gasteiger partial charge on any atom is 0.303 e. The van der Waals surface area contributed by atoms with Crippen molar-refractivity contribution in [1.29, 1.82) is 0 Å². The maximum absolute atomic E-state index is 12.5. The molecule has 1 amide bonds. The monoisotopic (exact) mass is 413 g/mol. The summed E-state index contributed by atoms with van der Waals surface area (Å²) in [5.74, 6) is -1.13. The number of amides is 1. The Kier molecular flexibility index (Phi) is 6.96. The number of hydrogen-bond acceptors (Lipinski definition) is 6. The minimum atomic E-state index is -0.765. The predicted octanol–water partition coefficient (Wildman–Crippen LogP) is 3.88. The van der Waals surface area contributed by atoms with E-state index in [-0.39, 0.29) is 18.0 Å². The summed E-state index contributed by atoms with van der Waals surface area (Å²) in [4.78, 5) is 24.1. The van der Waals surface area contributed by atoms with Gasteiger partial charge in [-0.25, -0.2) is 0 Å². The van der Waals surface area contributed by atoms with Gasteiger partial charge < -0.3 is 16.2 Å². The smallest absolute Gasteiger partial charge is 0.303 e. The normalized spacial score (nSPS) is 10.8. The lowest BCUT2D eigenvalue weighted by molar-refractivity contribution is -0.137. The van der Waals surface area contributed by atoms with Crippen LogP contribution in [0.2, 0.25) is 0 Å². The van der Waals surface area contributed by atoms with E-state index in [1.165, 1.54) is 0 Å². The second-order valence-corrected chi connectivity index (χ2v) is 7.61. The van der Waals surface area contributed by atoms with Crippen molar-refractivity contribution in [2.24, 2.45) is 0 Å². The van der Waals surface area contributed by atoms with Gasteiger partial charge in [-0.1, -0.05) is 30.2 Å². The van der Waals surface area contributed by atoms with E-state index in [0.29, 0.717) is 24.3 Å². The van der Waals surface area contributed by atoms with Crippen LogP contribution >= 0.6 is 11.3 Å². The van der Waals surface area contributed by atoms with Crippen LogP contribution in [0.4, 0.5) is 11.4 Å². The molecule has 1 aromatic carbocycles. The van der Waals surface area contributed by atoms with E-state index in [4.69, 9.17) is 10.8 Å². The van der Waals surface area contributed by atoms with Crippen LogP contribution in [-0.4, -0.2) is 32.0 Å². The molecular weight excluding hydrogens is 390 g/mol. The molecule has 0 bridgehead atoms. The number of hydrogen-bond donors (Lipinski definition) is 3. The van der Waals surface area contributed by atoms with Gasteiger partial charge in [0.2, 0.25) is 0 Å². The summed E-state index contributed by atoms with van der Waals surface area (Å²) < 4.78 is 1.62. The number of benzene rings is 1. The fourth-order valence-corrected chi connectivity index (χ4v) is 3.59. The molecule has 0 radical (unpaired) electrons. The molecule has 0 aliphatic carbocycles. The topological polar surface area (TPSA) is 123 Å². The fraction of sp³-hybridized carbons (Fsp3) is 0.300. The molecule has 2 heterocycles. The highest BCUT2D eigenvalue weighted by Crippen LogP contribution is 2.30. The van der Waals surface area contributed by atoms with Gasteiger partial charge in [0, 0.05) is 17.8 Å². The number of anilines is 2. The first-order valence-electron chi connectivity index (χ1n) is 9.39. The molecule has 0 unspecified atom stereocenters. The third-order valence-corrected chi connectivity index (χ3v) is 5.33. The number of aromatic nitrogens is 3. The third kappa shape index (κ3) is 5.89. The molecule has 0 spiro atoms. The van der Waals surface area contributed by atoms with Crippen LogP contribution in [0.15, 0.2) is 41.9 Å². The standard InChI is InChI=1S/C20H23N5O3S/c21-15-9-8-14(18-6-5-11-29-18)12-16(15)22-20(28)17-13-25(24-23-17)10-4-2-1-3-7-19(26)27/h5-6,8-9,11-13H,1-4,7,10,21H2,(H,22,28)(H,26,27). The van der Waals surface area contributed by atoms with E-state index in [0.717, 1.165) is 29.7 Å². The zero-order valence-corrected chi connectivity index (χ0v) is 16.7. The van der Waals surface area contributed by atoms with Crippen molar-refractivity contribution in [3.05, 3.63) is 47.6 Å². The van der Waals surface area contributed by atoms with Crippen LogP contribution in [0.25, 0.3) is 10.4 Å². The van der Waals surface area contributed by atoms with Crippen molar-refractivity contribution in [3.63, 3.8) is 0 Å². The molecule has 29 heavy (non-hydrogen) atoms. The number of carbonyl (C=O) groups excluding carboxylic acids is 1. The SMILES string of the molecule is Nc1ccc(-c2cccs2)cc1NC(=O)c1cn(CCCCCCC(=O)O)nn1. The van der Waals surface area contributed by atoms with Crippen LogP contribution in [0, 0.1) is 0 Å². The molecule has 0 aliphatic heterocycles. The minimum Gasteiger partial charge on any atom is -0.481 e. The zero-order chi connectivity index (χ0) is 20.6. The van der Waals surface area contributed by atoms with E-state index in [2.05, 4.69) is 15.6 Å². The van der Waals surface area contributed by atoms with Gasteiger partial charge in [-0.05, 0) is 42.0 Å². The molecule has 0 aliphatic rings. The van der Waals surface area contributed by atoms with E-state index in [9.17, 15) is 9.59 Å². The molecule has 0 fully saturated rings. The highest BCUT2D eigenvalue weighted by Gasteiger charge is 2.13. The minimum absolute atomic E-state index is 0.199. The Morgan fingerprint density at radius 1 is 1.17 bits per heavy atom. The van der Waals surface area contributed by atoms with Crippen LogP contribution in [0.1, 0.15) is 42.6 Å². The number of nitrogens with two attached hydrogens (primary N) is 1. The molecule has 0 saturated carbocycles. The van der Waals surface area contributed by atoms with Crippen molar-refractivity contribution in [3.8, 4) is 10.4 Å². The highest BCUT2D eigenvalue weighted by atomic mass is 32.1. The molecule has 152 valence electrons. The largest absolute Gasteiger partial charge is 0.481 e. The first-order chi connectivity index (χ1) is 14.0. The summed E-state index contributed by atoms with van der Waals surface area (Å²) in [6.45, 7) is 0.628. The molecule has 2 aromatic heterocycles. The van der Waals surface area contributed by atoms with E-state index >= 15 is 0 Å². The van der Waals surface area contributed by atoms with Crippen LogP contribution in [0.5, 0.6) is 0 Å². The Balaban J connectivity index is 1.54. The van der Waals surface area contributed by atoms with E-state index in [1.54, 1.807) is 28.3 Å². The number of nitrogen functional groups attached to an aromatic ring is 1. The van der Waals surface area contributed by atoms with Gasteiger partial charge in [-0.3, -0.25) is 14.3 Å². The van der Waals surface area contributed by atoms with Gasteiger partial charge in [0.05, 0.1) is 17.6 Å². The van der Waals surface area contributed by atoms with Crippen molar-refractivity contribution in [2.45, 2.75) is 38.6 Å². The van der Waals surface area contributed by atoms with Crippen molar-refractivity contribution in [1.82, 2.24) is 15.0 Å². The summed E-state index contributed by atoms with van der Waals surface area (Å²) in [6.07, 6.45) is 5.08. The number of carbonyl (C=O) groups is 2. The molecule has 4 N–H and O–H groups in total. The molecule has 3 aromatic rings. The summed E-state index contributed by atoms with van der Waals surface area (Å²) in [6, 6.07) is 9.52. The summed E-state index contributed by atoms with van der Waals surface area (Å²) in [5, 5.41) is 21.3. The van der Waals surface area contributed by atoms with Crippen molar-refractivity contribution in [2.75, 3.05) is 11.1 Å². The summed E-state index contributed by atoms with van der Waals surface area (Å²) in [5.41, 5.74) is 8.23. The Labute approximate surface area is 172 Å². The number of unbranched alkanes of at least 4 members (excludes halogenated alkanes) is 3. The lowest BCUT2D eigenvalue weighted by Gasteiger charge is -2.08. The van der Waals surface area contributed by atoms with Crippen molar-refractivity contribution < 1.29 is 14.7 Å². The molecule has 0 saturated heterocycles. The second kappa shape index (κ2) is 9.83. The number of rotatable bonds is 10. The fourth-order valence-electron chi connectivity index (χ4n) is 2.86. The summed E-state index contributed by atoms with van der Waals surface area (Å²) >= 11 is 1.61. The van der Waals surface area contributed by atoms with Crippen molar-refractivity contribution >= 4 is 34.6 Å². The molecular formula is C20H23N5O3S. The third-order valence-electron chi connectivity index (χ3n) is 4.41. The van der Waals surface area contributed by atoms with Gasteiger partial charge >= 0.3 is 5.97 Å². The van der Waals surface area contributed by atoms with Gasteiger partial charge in [0.1, 0.15) is 0 Å². The second-order valence-electron chi connectivity index (χ2n) is 6.66. The average Bonchev–Trinajstić information content (AvgIpc) is 3.38. The molecule has 8 nitrogen and oxygen atoms in total. The van der Waals surface area contributed by atoms with Gasteiger partial charge in [-0.15, -0.1) is 16.4 Å². The Morgan fingerprint density at radius 2 is 2.00 bits per heavy atom. The lowest BCUT2D eigenvalue weighted by Crippen LogP contribution is -2.13. The number of carboxylic acid groups (broad SMARTS) is 1. The van der Waals surface area contributed by atoms with Gasteiger partial charge in [0.15, 0.2) is 5.69 Å². The number of carboxylic acids is 1. The van der Waals surface area contributed by atoms with Crippen LogP contribution in [-0.2, 0) is 11.3 Å². The first kappa shape index (κ1) is 20.5.